The normalized spacial score (nSPS) is 22.6. The summed E-state index contributed by atoms with van der Waals surface area (Å²) in [6, 6.07) is 0.0865. The Kier molecular flexibility index (Phi) is 3.34. The fourth-order valence-corrected chi connectivity index (χ4v) is 3.21. The number of carboxylic acid groups (broad SMARTS) is 1. The Labute approximate surface area is 125 Å². The first-order chi connectivity index (χ1) is 9.49. The molecule has 2 atom stereocenters. The van der Waals surface area contributed by atoms with E-state index in [2.05, 4.69) is 9.97 Å². The van der Waals surface area contributed by atoms with E-state index in [1.54, 1.807) is 13.3 Å². The molecule has 1 fully saturated rings. The number of aromatic nitrogens is 3. The monoisotopic (exact) mass is 313 g/mol. The molecule has 0 radical (unpaired) electrons. The Morgan fingerprint density at radius 2 is 2.20 bits per heavy atom. The van der Waals surface area contributed by atoms with Crippen molar-refractivity contribution in [2.24, 2.45) is 5.92 Å². The van der Waals surface area contributed by atoms with Crippen molar-refractivity contribution in [2.75, 3.05) is 0 Å². The molecule has 1 N–H and O–H groups in total. The average Bonchev–Trinajstić information content (AvgIpc) is 3.01. The highest BCUT2D eigenvalue weighted by Crippen LogP contribution is 2.38. The number of rotatable bonds is 2. The van der Waals surface area contributed by atoms with Gasteiger partial charge in [-0.2, -0.15) is 0 Å². The fourth-order valence-electron chi connectivity index (χ4n) is 2.77. The quantitative estimate of drug-likeness (QED) is 0.862. The Balaban J connectivity index is 2.04. The molecule has 0 aliphatic heterocycles. The molecule has 5 nitrogen and oxygen atoms in total. The summed E-state index contributed by atoms with van der Waals surface area (Å²) in [5.41, 5.74) is 1.95. The second kappa shape index (κ2) is 4.90. The number of hydrogen-bond acceptors (Lipinski definition) is 3. The lowest BCUT2D eigenvalue weighted by atomic mass is 10.1. The molecular weight excluding hydrogens is 301 g/mol. The number of hydrogen-bond donors (Lipinski definition) is 1. The molecule has 0 amide bonds. The van der Waals surface area contributed by atoms with Gasteiger partial charge in [0.05, 0.1) is 17.3 Å². The molecule has 0 saturated heterocycles. The van der Waals surface area contributed by atoms with E-state index in [4.69, 9.17) is 28.3 Å². The minimum Gasteiger partial charge on any atom is -0.481 e. The second-order valence-corrected chi connectivity index (χ2v) is 5.90. The van der Waals surface area contributed by atoms with Gasteiger partial charge in [0.15, 0.2) is 5.65 Å². The van der Waals surface area contributed by atoms with Crippen molar-refractivity contribution in [1.82, 2.24) is 14.5 Å². The van der Waals surface area contributed by atoms with Crippen molar-refractivity contribution in [3.63, 3.8) is 0 Å². The van der Waals surface area contributed by atoms with E-state index < -0.39 is 5.97 Å². The SMILES string of the molecule is Cc1c(Cl)nc2c(ncn2C2CC[C@@H](C(=O)O)C2)c1Cl. The van der Waals surface area contributed by atoms with Crippen LogP contribution in [0, 0.1) is 12.8 Å². The third-order valence-corrected chi connectivity index (χ3v) is 4.80. The lowest BCUT2D eigenvalue weighted by Crippen LogP contribution is -2.11. The number of aliphatic carboxylic acids is 1. The van der Waals surface area contributed by atoms with Crippen molar-refractivity contribution < 1.29 is 9.90 Å². The van der Waals surface area contributed by atoms with Crippen molar-refractivity contribution in [1.29, 1.82) is 0 Å². The van der Waals surface area contributed by atoms with Crippen molar-refractivity contribution in [3.8, 4) is 0 Å². The molecule has 1 unspecified atom stereocenters. The fraction of sp³-hybridized carbons (Fsp3) is 0.462. The van der Waals surface area contributed by atoms with Crippen LogP contribution in [0.5, 0.6) is 0 Å². The van der Waals surface area contributed by atoms with Gasteiger partial charge in [-0.05, 0) is 26.2 Å². The molecule has 1 aliphatic rings. The molecule has 0 bridgehead atoms. The Hall–Kier alpha value is -1.33. The first-order valence-corrected chi connectivity index (χ1v) is 7.15. The van der Waals surface area contributed by atoms with Gasteiger partial charge in [0.1, 0.15) is 10.7 Å². The van der Waals surface area contributed by atoms with Gasteiger partial charge in [-0.15, -0.1) is 0 Å². The highest BCUT2D eigenvalue weighted by atomic mass is 35.5. The van der Waals surface area contributed by atoms with Crippen LogP contribution in [0.25, 0.3) is 11.2 Å². The molecule has 2 heterocycles. The summed E-state index contributed by atoms with van der Waals surface area (Å²) in [6.07, 6.45) is 3.74. The molecule has 2 aromatic rings. The van der Waals surface area contributed by atoms with Crippen molar-refractivity contribution in [2.45, 2.75) is 32.2 Å². The number of carbonyl (C=O) groups is 1. The van der Waals surface area contributed by atoms with E-state index in [-0.39, 0.29) is 12.0 Å². The van der Waals surface area contributed by atoms with E-state index in [1.165, 1.54) is 0 Å². The highest BCUT2D eigenvalue weighted by molar-refractivity contribution is 6.38. The Bertz CT molecular complexity index is 698. The van der Waals surface area contributed by atoms with Crippen LogP contribution in [0.2, 0.25) is 10.2 Å². The van der Waals surface area contributed by atoms with Crippen LogP contribution in [-0.2, 0) is 4.79 Å². The van der Waals surface area contributed by atoms with Gasteiger partial charge < -0.3 is 9.67 Å². The van der Waals surface area contributed by atoms with Gasteiger partial charge in [0.25, 0.3) is 0 Å². The zero-order valence-electron chi connectivity index (χ0n) is 10.8. The molecule has 0 aromatic carbocycles. The molecule has 106 valence electrons. The van der Waals surface area contributed by atoms with Crippen LogP contribution >= 0.6 is 23.2 Å². The van der Waals surface area contributed by atoms with Crippen LogP contribution in [0.1, 0.15) is 30.9 Å². The maximum Gasteiger partial charge on any atom is 0.306 e. The van der Waals surface area contributed by atoms with Gasteiger partial charge in [0.2, 0.25) is 0 Å². The second-order valence-electron chi connectivity index (χ2n) is 5.17. The maximum atomic E-state index is 11.1. The largest absolute Gasteiger partial charge is 0.481 e. The number of pyridine rings is 1. The topological polar surface area (TPSA) is 68.0 Å². The number of fused-ring (bicyclic) bond motifs is 1. The predicted molar refractivity (Wildman–Crippen MR) is 76.3 cm³/mol. The summed E-state index contributed by atoms with van der Waals surface area (Å²) in [6.45, 7) is 1.80. The summed E-state index contributed by atoms with van der Waals surface area (Å²) >= 11 is 12.3. The van der Waals surface area contributed by atoms with E-state index in [1.807, 2.05) is 4.57 Å². The van der Waals surface area contributed by atoms with Crippen LogP contribution in [-0.4, -0.2) is 25.6 Å². The van der Waals surface area contributed by atoms with Crippen LogP contribution in [0.3, 0.4) is 0 Å². The molecule has 3 rings (SSSR count). The summed E-state index contributed by atoms with van der Waals surface area (Å²) < 4.78 is 1.90. The van der Waals surface area contributed by atoms with E-state index in [0.29, 0.717) is 39.7 Å². The standard InChI is InChI=1S/C13H13Cl2N3O2/c1-6-9(14)10-12(17-11(6)15)18(5-16-10)8-3-2-7(4-8)13(19)20/h5,7-8H,2-4H2,1H3,(H,19,20)/t7-,8?/m1/s1. The highest BCUT2D eigenvalue weighted by Gasteiger charge is 2.32. The zero-order valence-corrected chi connectivity index (χ0v) is 12.3. The van der Waals surface area contributed by atoms with E-state index >= 15 is 0 Å². The maximum absolute atomic E-state index is 11.1. The average molecular weight is 314 g/mol. The number of carboxylic acids is 1. The summed E-state index contributed by atoms with van der Waals surface area (Å²) in [5, 5.41) is 9.95. The third-order valence-electron chi connectivity index (χ3n) is 3.97. The number of imidazole rings is 1. The lowest BCUT2D eigenvalue weighted by Gasteiger charge is -2.12. The predicted octanol–water partition coefficient (Wildman–Crippen LogP) is 3.47. The molecule has 7 heteroatoms. The molecular formula is C13H13Cl2N3O2. The lowest BCUT2D eigenvalue weighted by molar-refractivity contribution is -0.141. The van der Waals surface area contributed by atoms with Gasteiger partial charge in [0, 0.05) is 11.6 Å². The summed E-state index contributed by atoms with van der Waals surface area (Å²) in [5.74, 6) is -1.04. The first kappa shape index (κ1) is 13.6. The first-order valence-electron chi connectivity index (χ1n) is 6.40. The molecule has 1 aliphatic carbocycles. The molecule has 2 aromatic heterocycles. The van der Waals surface area contributed by atoms with Gasteiger partial charge >= 0.3 is 5.97 Å². The van der Waals surface area contributed by atoms with E-state index in [0.717, 1.165) is 6.42 Å². The van der Waals surface area contributed by atoms with Gasteiger partial charge in [-0.3, -0.25) is 4.79 Å². The number of halogens is 2. The van der Waals surface area contributed by atoms with Gasteiger partial charge in [-0.1, -0.05) is 23.2 Å². The minimum absolute atomic E-state index is 0.0865. The van der Waals surface area contributed by atoms with Crippen LogP contribution in [0.15, 0.2) is 6.33 Å². The van der Waals surface area contributed by atoms with Crippen LogP contribution in [0.4, 0.5) is 0 Å². The molecule has 1 saturated carbocycles. The van der Waals surface area contributed by atoms with E-state index in [9.17, 15) is 4.79 Å². The van der Waals surface area contributed by atoms with Crippen LogP contribution < -0.4 is 0 Å². The van der Waals surface area contributed by atoms with Gasteiger partial charge in [-0.25, -0.2) is 9.97 Å². The smallest absolute Gasteiger partial charge is 0.306 e. The minimum atomic E-state index is -0.739. The molecule has 20 heavy (non-hydrogen) atoms. The van der Waals surface area contributed by atoms with Crippen molar-refractivity contribution >= 4 is 40.3 Å². The molecule has 0 spiro atoms. The summed E-state index contributed by atoms with van der Waals surface area (Å²) in [7, 11) is 0. The Morgan fingerprint density at radius 3 is 2.85 bits per heavy atom. The third kappa shape index (κ3) is 2.05. The Morgan fingerprint density at radius 1 is 1.45 bits per heavy atom. The zero-order chi connectivity index (χ0) is 14.4. The van der Waals surface area contributed by atoms with Crippen molar-refractivity contribution in [3.05, 3.63) is 22.1 Å². The number of nitrogens with zero attached hydrogens (tertiary/aromatic N) is 3. The summed E-state index contributed by atoms with van der Waals surface area (Å²) in [4.78, 5) is 19.7.